The molecule has 45 heavy (non-hydrogen) atoms. The van der Waals surface area contributed by atoms with E-state index in [0.717, 1.165) is 43.5 Å². The van der Waals surface area contributed by atoms with E-state index in [-0.39, 0.29) is 46.2 Å². The van der Waals surface area contributed by atoms with Crippen LogP contribution < -0.4 is 0 Å². The molecule has 2 rings (SSSR count). The zero-order valence-electron chi connectivity index (χ0n) is 29.9. The van der Waals surface area contributed by atoms with Gasteiger partial charge in [0.2, 0.25) is 0 Å². The van der Waals surface area contributed by atoms with E-state index in [0.29, 0.717) is 24.8 Å². The summed E-state index contributed by atoms with van der Waals surface area (Å²) >= 11 is 3.52. The fourth-order valence-corrected chi connectivity index (χ4v) is 8.91. The molecule has 1 aliphatic rings. The van der Waals surface area contributed by atoms with E-state index in [1.54, 1.807) is 0 Å². The molecular formula is C36H61BrF2O4Si2. The summed E-state index contributed by atoms with van der Waals surface area (Å²) in [6.07, 6.45) is 10.8. The van der Waals surface area contributed by atoms with E-state index >= 15 is 0 Å². The summed E-state index contributed by atoms with van der Waals surface area (Å²) in [5, 5.41) is 1.05. The minimum Gasteiger partial charge on any atom is -0.462 e. The van der Waals surface area contributed by atoms with Crippen molar-refractivity contribution in [3.63, 3.8) is 0 Å². The molecule has 1 fully saturated rings. The van der Waals surface area contributed by atoms with E-state index in [4.69, 9.17) is 13.6 Å². The molecule has 0 spiro atoms. The molecule has 5 atom stereocenters. The highest BCUT2D eigenvalue weighted by molar-refractivity contribution is 9.09. The molecule has 0 bridgehead atoms. The SMILES string of the molecule is CC(=O)O[C@H]1C[C@@H](O[Si](C)(C)C(C)(C)C)[C@H](CC[C@H](CCc2cc(F)cc(F)c2)O[Si](C)(C)C(C)(C)C)[C@H]1CC=CCCCBr. The summed E-state index contributed by atoms with van der Waals surface area (Å²) in [5.74, 6) is -1.00. The van der Waals surface area contributed by atoms with Gasteiger partial charge in [-0.05, 0) is 105 Å². The first kappa shape index (κ1) is 40.3. The number of esters is 1. The Morgan fingerprint density at radius 2 is 1.53 bits per heavy atom. The molecule has 0 N–H and O–H groups in total. The number of halogens is 3. The van der Waals surface area contributed by atoms with Gasteiger partial charge in [-0.1, -0.05) is 69.6 Å². The second-order valence-corrected chi connectivity index (χ2v) is 26.4. The minimum atomic E-state index is -2.13. The van der Waals surface area contributed by atoms with Crippen LogP contribution in [-0.4, -0.2) is 46.2 Å². The van der Waals surface area contributed by atoms with Crippen LogP contribution >= 0.6 is 15.9 Å². The Bertz CT molecular complexity index is 1090. The van der Waals surface area contributed by atoms with Gasteiger partial charge in [0.25, 0.3) is 0 Å². The van der Waals surface area contributed by atoms with Crippen LogP contribution in [0, 0.1) is 23.5 Å². The Hall–Kier alpha value is -0.876. The lowest BCUT2D eigenvalue weighted by molar-refractivity contribution is -0.148. The third-order valence-electron chi connectivity index (χ3n) is 10.4. The Balaban J connectivity index is 2.41. The lowest BCUT2D eigenvalue weighted by Crippen LogP contribution is -2.45. The summed E-state index contributed by atoms with van der Waals surface area (Å²) in [6, 6.07) is 3.77. The number of carbonyl (C=O) groups is 1. The smallest absolute Gasteiger partial charge is 0.302 e. The van der Waals surface area contributed by atoms with Gasteiger partial charge in [0, 0.05) is 36.8 Å². The summed E-state index contributed by atoms with van der Waals surface area (Å²) in [7, 11) is -4.24. The maximum absolute atomic E-state index is 14.0. The number of unbranched alkanes of at least 4 members (excludes halogenated alkanes) is 1. The van der Waals surface area contributed by atoms with Gasteiger partial charge in [-0.2, -0.15) is 0 Å². The number of hydrogen-bond acceptors (Lipinski definition) is 4. The van der Waals surface area contributed by atoms with Crippen LogP contribution in [-0.2, 0) is 24.8 Å². The average molecular weight is 732 g/mol. The van der Waals surface area contributed by atoms with Crippen LogP contribution in [0.4, 0.5) is 8.78 Å². The van der Waals surface area contributed by atoms with Gasteiger partial charge >= 0.3 is 5.97 Å². The number of benzene rings is 1. The highest BCUT2D eigenvalue weighted by Crippen LogP contribution is 2.47. The van der Waals surface area contributed by atoms with E-state index in [1.165, 1.54) is 19.1 Å². The zero-order chi connectivity index (χ0) is 34.2. The molecule has 4 nitrogen and oxygen atoms in total. The molecule has 1 aromatic carbocycles. The third kappa shape index (κ3) is 12.6. The van der Waals surface area contributed by atoms with E-state index in [9.17, 15) is 13.6 Å². The molecule has 0 heterocycles. The van der Waals surface area contributed by atoms with Crippen LogP contribution in [0.1, 0.15) is 99.0 Å². The van der Waals surface area contributed by atoms with Crippen molar-refractivity contribution in [3.8, 4) is 0 Å². The van der Waals surface area contributed by atoms with Gasteiger partial charge in [0.15, 0.2) is 16.6 Å². The van der Waals surface area contributed by atoms with Crippen LogP contribution in [0.3, 0.4) is 0 Å². The Labute approximate surface area is 283 Å². The maximum Gasteiger partial charge on any atom is 0.302 e. The number of hydrogen-bond donors (Lipinski definition) is 0. The van der Waals surface area contributed by atoms with Crippen molar-refractivity contribution in [3.05, 3.63) is 47.5 Å². The molecule has 0 saturated heterocycles. The zero-order valence-corrected chi connectivity index (χ0v) is 33.5. The molecule has 0 aromatic heterocycles. The van der Waals surface area contributed by atoms with Crippen molar-refractivity contribution in [2.24, 2.45) is 11.8 Å². The predicted molar refractivity (Wildman–Crippen MR) is 192 cm³/mol. The molecule has 0 amide bonds. The highest BCUT2D eigenvalue weighted by Gasteiger charge is 2.49. The number of rotatable bonds is 16. The third-order valence-corrected chi connectivity index (χ3v) is 20.0. The van der Waals surface area contributed by atoms with E-state index in [1.807, 2.05) is 0 Å². The summed E-state index contributed by atoms with van der Waals surface area (Å²) in [4.78, 5) is 12.3. The molecule has 9 heteroatoms. The van der Waals surface area contributed by atoms with Crippen LogP contribution in [0.2, 0.25) is 36.3 Å². The van der Waals surface area contributed by atoms with Crippen molar-refractivity contribution in [1.29, 1.82) is 0 Å². The number of alkyl halides is 1. The van der Waals surface area contributed by atoms with Gasteiger partial charge in [0.1, 0.15) is 17.7 Å². The Morgan fingerprint density at radius 1 is 0.933 bits per heavy atom. The molecular weight excluding hydrogens is 670 g/mol. The quantitative estimate of drug-likeness (QED) is 0.0558. The first-order chi connectivity index (χ1) is 20.7. The van der Waals surface area contributed by atoms with Gasteiger partial charge in [-0.3, -0.25) is 4.79 Å². The molecule has 1 aromatic rings. The number of ether oxygens (including phenoxy) is 1. The average Bonchev–Trinajstić information content (AvgIpc) is 3.17. The largest absolute Gasteiger partial charge is 0.462 e. The number of allylic oxidation sites excluding steroid dienone is 2. The fraction of sp³-hybridized carbons (Fsp3) is 0.750. The van der Waals surface area contributed by atoms with Gasteiger partial charge in [-0.25, -0.2) is 8.78 Å². The number of aryl methyl sites for hydroxylation is 1. The van der Waals surface area contributed by atoms with Crippen molar-refractivity contribution < 1.29 is 27.2 Å². The van der Waals surface area contributed by atoms with E-state index in [2.05, 4.69) is 95.8 Å². The highest BCUT2D eigenvalue weighted by atomic mass is 79.9. The first-order valence-corrected chi connectivity index (χ1v) is 23.8. The summed E-state index contributed by atoms with van der Waals surface area (Å²) in [6.45, 7) is 24.1. The van der Waals surface area contributed by atoms with Crippen LogP contribution in [0.25, 0.3) is 0 Å². The van der Waals surface area contributed by atoms with Crippen molar-refractivity contribution in [2.45, 2.75) is 154 Å². The Morgan fingerprint density at radius 3 is 2.07 bits per heavy atom. The van der Waals surface area contributed by atoms with Gasteiger partial charge < -0.3 is 13.6 Å². The molecule has 0 unspecified atom stereocenters. The number of carbonyl (C=O) groups excluding carboxylic acids is 1. The molecule has 0 aliphatic heterocycles. The normalized spacial score (nSPS) is 22.3. The Kier molecular flexibility index (Phi) is 15.2. The van der Waals surface area contributed by atoms with Crippen LogP contribution in [0.5, 0.6) is 0 Å². The summed E-state index contributed by atoms with van der Waals surface area (Å²) in [5.41, 5.74) is 0.651. The molecule has 1 aliphatic carbocycles. The fourth-order valence-electron chi connectivity index (χ4n) is 5.78. The summed E-state index contributed by atoms with van der Waals surface area (Å²) < 4.78 is 48.1. The van der Waals surface area contributed by atoms with Crippen LogP contribution in [0.15, 0.2) is 30.4 Å². The van der Waals surface area contributed by atoms with E-state index < -0.39 is 28.3 Å². The monoisotopic (exact) mass is 730 g/mol. The van der Waals surface area contributed by atoms with Crippen molar-refractivity contribution in [2.75, 3.05) is 5.33 Å². The van der Waals surface area contributed by atoms with Crippen molar-refractivity contribution >= 4 is 38.5 Å². The maximum atomic E-state index is 14.0. The molecule has 1 saturated carbocycles. The van der Waals surface area contributed by atoms with Crippen molar-refractivity contribution in [1.82, 2.24) is 0 Å². The second-order valence-electron chi connectivity index (χ2n) is 16.1. The second kappa shape index (κ2) is 17.0. The molecule has 258 valence electrons. The van der Waals surface area contributed by atoms with Gasteiger partial charge in [0.05, 0.1) is 6.10 Å². The topological polar surface area (TPSA) is 44.8 Å². The predicted octanol–water partition coefficient (Wildman–Crippen LogP) is 11.1. The van der Waals surface area contributed by atoms with Gasteiger partial charge in [-0.15, -0.1) is 0 Å². The lowest BCUT2D eigenvalue weighted by atomic mass is 9.85. The minimum absolute atomic E-state index is 0.0120. The standard InChI is InChI=1S/C36H61BrF2O4Si2/c1-26(40)41-33-25-34(43-45(10,11)36(5,6)7)32(31(33)16-14-12-13-15-21-37)20-19-30(42-44(8,9)35(2,3)4)18-17-27-22-28(38)24-29(39)23-27/h12,14,22-24,30-34H,13,15-21,25H2,1-11H3/t30-,31+,32+,33-,34+/m0/s1. The first-order valence-electron chi connectivity index (χ1n) is 16.9. The molecule has 0 radical (unpaired) electrons. The lowest BCUT2D eigenvalue weighted by Gasteiger charge is -2.41.